The van der Waals surface area contributed by atoms with Gasteiger partial charge in [0.15, 0.2) is 0 Å². The van der Waals surface area contributed by atoms with Crippen molar-refractivity contribution >= 4 is 29.4 Å². The van der Waals surface area contributed by atoms with Crippen LogP contribution < -0.4 is 10.2 Å². The first-order valence-corrected chi connectivity index (χ1v) is 9.26. The average molecular weight is 400 g/mol. The summed E-state index contributed by atoms with van der Waals surface area (Å²) < 4.78 is 10.7. The van der Waals surface area contributed by atoms with Crippen LogP contribution in [0.25, 0.3) is 0 Å². The van der Waals surface area contributed by atoms with Gasteiger partial charge in [0.1, 0.15) is 17.0 Å². The molecule has 2 aromatic rings. The summed E-state index contributed by atoms with van der Waals surface area (Å²) in [5.74, 6) is 0.102. The maximum atomic E-state index is 12.6. The van der Waals surface area contributed by atoms with E-state index in [4.69, 9.17) is 9.47 Å². The van der Waals surface area contributed by atoms with Crippen LogP contribution in [0.1, 0.15) is 47.2 Å². The van der Waals surface area contributed by atoms with Crippen LogP contribution in [0.3, 0.4) is 0 Å². The predicted octanol–water partition coefficient (Wildman–Crippen LogP) is 5.21. The Morgan fingerprint density at radius 1 is 0.897 bits per heavy atom. The van der Waals surface area contributed by atoms with Crippen molar-refractivity contribution in [2.45, 2.75) is 59.7 Å². The number of amides is 2. The van der Waals surface area contributed by atoms with Gasteiger partial charge in [0.05, 0.1) is 11.9 Å². The zero-order chi connectivity index (χ0) is 21.8. The Hall–Kier alpha value is -3.16. The highest BCUT2D eigenvalue weighted by atomic mass is 16.6. The molecule has 0 unspecified atom stereocenters. The molecule has 0 atom stereocenters. The zero-order valence-corrected chi connectivity index (χ0v) is 17.9. The van der Waals surface area contributed by atoms with E-state index in [-0.39, 0.29) is 5.82 Å². The van der Waals surface area contributed by atoms with E-state index in [9.17, 15) is 9.59 Å². The van der Waals surface area contributed by atoms with E-state index in [1.165, 1.54) is 6.20 Å². The third kappa shape index (κ3) is 7.06. The van der Waals surface area contributed by atoms with Crippen molar-refractivity contribution in [3.05, 3.63) is 42.4 Å². The van der Waals surface area contributed by atoms with E-state index < -0.39 is 23.4 Å². The molecule has 8 heteroatoms. The summed E-state index contributed by atoms with van der Waals surface area (Å²) >= 11 is 0. The minimum Gasteiger partial charge on any atom is -0.443 e. The number of carbonyl (C=O) groups excluding carboxylic acids is 2. The van der Waals surface area contributed by atoms with E-state index in [1.54, 1.807) is 59.9 Å². The van der Waals surface area contributed by atoms with Crippen LogP contribution in [0.5, 0.6) is 0 Å². The number of aromatic nitrogens is 2. The van der Waals surface area contributed by atoms with E-state index in [0.717, 1.165) is 16.3 Å². The Morgan fingerprint density at radius 2 is 1.48 bits per heavy atom. The number of pyridine rings is 2. The summed E-state index contributed by atoms with van der Waals surface area (Å²) in [6, 6.07) is 6.97. The molecule has 1 N–H and O–H groups in total. The molecule has 0 aliphatic carbocycles. The largest absolute Gasteiger partial charge is 0.443 e. The highest BCUT2D eigenvalue weighted by molar-refractivity contribution is 6.08. The number of imide groups is 1. The van der Waals surface area contributed by atoms with E-state index >= 15 is 0 Å². The summed E-state index contributed by atoms with van der Waals surface area (Å²) in [6.45, 7) is 12.2. The van der Waals surface area contributed by atoms with E-state index in [0.29, 0.717) is 5.69 Å². The third-order valence-corrected chi connectivity index (χ3v) is 3.31. The van der Waals surface area contributed by atoms with Gasteiger partial charge in [-0.2, -0.15) is 4.90 Å². The molecule has 0 radical (unpaired) electrons. The maximum absolute atomic E-state index is 12.6. The van der Waals surface area contributed by atoms with Crippen molar-refractivity contribution in [1.82, 2.24) is 9.97 Å². The minimum absolute atomic E-state index is 0.102. The fourth-order valence-corrected chi connectivity index (χ4v) is 2.26. The number of hydrogen-bond donors (Lipinski definition) is 1. The van der Waals surface area contributed by atoms with Gasteiger partial charge in [-0.05, 0) is 72.7 Å². The molecule has 2 aromatic heterocycles. The molecule has 8 nitrogen and oxygen atoms in total. The first-order chi connectivity index (χ1) is 13.3. The molecule has 29 heavy (non-hydrogen) atoms. The Morgan fingerprint density at radius 3 is 1.93 bits per heavy atom. The molecule has 0 saturated carbocycles. The lowest BCUT2D eigenvalue weighted by molar-refractivity contribution is 0.0429. The number of carbonyl (C=O) groups is 2. The van der Waals surface area contributed by atoms with Gasteiger partial charge in [-0.1, -0.05) is 0 Å². The van der Waals surface area contributed by atoms with Crippen molar-refractivity contribution in [2.24, 2.45) is 0 Å². The first kappa shape index (κ1) is 22.1. The quantitative estimate of drug-likeness (QED) is 0.756. The van der Waals surface area contributed by atoms with E-state index in [2.05, 4.69) is 15.3 Å². The number of aryl methyl sites for hydroxylation is 1. The highest BCUT2D eigenvalue weighted by Crippen LogP contribution is 2.23. The molecule has 0 saturated heterocycles. The average Bonchev–Trinajstić information content (AvgIpc) is 2.53. The lowest BCUT2D eigenvalue weighted by Gasteiger charge is -2.28. The van der Waals surface area contributed by atoms with Gasteiger partial charge in [-0.15, -0.1) is 0 Å². The summed E-state index contributed by atoms with van der Waals surface area (Å²) in [5, 5.41) is 3.19. The smallest absolute Gasteiger partial charge is 0.425 e. The summed E-state index contributed by atoms with van der Waals surface area (Å²) in [4.78, 5) is 34.5. The van der Waals surface area contributed by atoms with E-state index in [1.807, 2.05) is 19.1 Å². The van der Waals surface area contributed by atoms with Gasteiger partial charge < -0.3 is 14.8 Å². The standard InChI is InChI=1S/C21H28N4O4/c1-14-12-15(10-11-22-14)24-16-8-9-17(23-13-16)25(18(26)28-20(2,3)4)19(27)29-21(5,6)7/h8-13H,1-7H3,(H,22,24). The third-order valence-electron chi connectivity index (χ3n) is 3.31. The molecular weight excluding hydrogens is 372 g/mol. The van der Waals surface area contributed by atoms with Crippen LogP contribution in [0.4, 0.5) is 26.8 Å². The van der Waals surface area contributed by atoms with Crippen molar-refractivity contribution in [3.63, 3.8) is 0 Å². The number of hydrogen-bond acceptors (Lipinski definition) is 7. The van der Waals surface area contributed by atoms with Gasteiger partial charge in [-0.3, -0.25) is 4.98 Å². The van der Waals surface area contributed by atoms with Gasteiger partial charge in [0, 0.05) is 17.6 Å². The van der Waals surface area contributed by atoms with Crippen molar-refractivity contribution in [1.29, 1.82) is 0 Å². The lowest BCUT2D eigenvalue weighted by atomic mass is 10.2. The number of anilines is 3. The molecule has 156 valence electrons. The Kier molecular flexibility index (Phi) is 6.46. The molecular formula is C21H28N4O4. The van der Waals surface area contributed by atoms with Crippen LogP contribution in [0, 0.1) is 6.92 Å². The Balaban J connectivity index is 2.27. The first-order valence-electron chi connectivity index (χ1n) is 9.26. The second kappa shape index (κ2) is 8.46. The second-order valence-corrected chi connectivity index (χ2v) is 8.51. The van der Waals surface area contributed by atoms with Crippen molar-refractivity contribution < 1.29 is 19.1 Å². The van der Waals surface area contributed by atoms with Crippen LogP contribution >= 0.6 is 0 Å². The van der Waals surface area contributed by atoms with Gasteiger partial charge in [0.25, 0.3) is 0 Å². The summed E-state index contributed by atoms with van der Waals surface area (Å²) in [6.07, 6.45) is 1.51. The maximum Gasteiger partial charge on any atom is 0.425 e. The molecule has 0 spiro atoms. The fourth-order valence-electron chi connectivity index (χ4n) is 2.26. The number of ether oxygens (including phenoxy) is 2. The van der Waals surface area contributed by atoms with Gasteiger partial charge in [0.2, 0.25) is 0 Å². The highest BCUT2D eigenvalue weighted by Gasteiger charge is 2.33. The molecule has 0 aliphatic rings. The topological polar surface area (TPSA) is 93.7 Å². The number of nitrogens with one attached hydrogen (secondary N) is 1. The zero-order valence-electron chi connectivity index (χ0n) is 17.9. The normalized spacial score (nSPS) is 11.6. The molecule has 0 aromatic carbocycles. The molecule has 2 rings (SSSR count). The minimum atomic E-state index is -0.857. The number of nitrogens with zero attached hydrogens (tertiary/aromatic N) is 3. The van der Waals surface area contributed by atoms with Gasteiger partial charge in [-0.25, -0.2) is 14.6 Å². The second-order valence-electron chi connectivity index (χ2n) is 8.51. The van der Waals surface area contributed by atoms with Crippen molar-refractivity contribution in [2.75, 3.05) is 10.2 Å². The van der Waals surface area contributed by atoms with Crippen LogP contribution in [0.2, 0.25) is 0 Å². The molecule has 0 bridgehead atoms. The Bertz CT molecular complexity index is 839. The fraction of sp³-hybridized carbons (Fsp3) is 0.429. The monoisotopic (exact) mass is 400 g/mol. The molecule has 2 amide bonds. The summed E-state index contributed by atoms with van der Waals surface area (Å²) in [7, 11) is 0. The van der Waals surface area contributed by atoms with Gasteiger partial charge >= 0.3 is 12.2 Å². The number of rotatable bonds is 3. The lowest BCUT2D eigenvalue weighted by Crippen LogP contribution is -2.44. The van der Waals surface area contributed by atoms with Crippen LogP contribution in [-0.4, -0.2) is 33.4 Å². The Labute approximate surface area is 171 Å². The molecule has 0 aliphatic heterocycles. The summed E-state index contributed by atoms with van der Waals surface area (Å²) in [5.41, 5.74) is 0.854. The molecule has 2 heterocycles. The van der Waals surface area contributed by atoms with Crippen molar-refractivity contribution in [3.8, 4) is 0 Å². The SMILES string of the molecule is Cc1cc(Nc2ccc(N(C(=O)OC(C)(C)C)C(=O)OC(C)(C)C)nc2)ccn1. The van der Waals surface area contributed by atoms with Crippen LogP contribution in [0.15, 0.2) is 36.7 Å². The molecule has 0 fully saturated rings. The van der Waals surface area contributed by atoms with Crippen LogP contribution in [-0.2, 0) is 9.47 Å². The predicted molar refractivity (Wildman–Crippen MR) is 111 cm³/mol.